The van der Waals surface area contributed by atoms with E-state index in [1.54, 1.807) is 4.68 Å². The van der Waals surface area contributed by atoms with E-state index in [9.17, 15) is 0 Å². The van der Waals surface area contributed by atoms with Crippen LogP contribution in [0.4, 0.5) is 0 Å². The Morgan fingerprint density at radius 3 is 2.95 bits per heavy atom. The molecule has 1 aromatic heterocycles. The molecule has 0 radical (unpaired) electrons. The van der Waals surface area contributed by atoms with Crippen LogP contribution in [0.2, 0.25) is 0 Å². The van der Waals surface area contributed by atoms with Crippen LogP contribution in [0.25, 0.3) is 0 Å². The van der Waals surface area contributed by atoms with Crippen LogP contribution in [-0.4, -0.2) is 51.7 Å². The van der Waals surface area contributed by atoms with E-state index in [0.29, 0.717) is 5.82 Å². The first-order valence-corrected chi connectivity index (χ1v) is 6.61. The minimum absolute atomic E-state index is 0.0207. The van der Waals surface area contributed by atoms with Gasteiger partial charge in [0.05, 0.1) is 26.8 Å². The zero-order valence-electron chi connectivity index (χ0n) is 12.6. The lowest BCUT2D eigenvalue weighted by Crippen LogP contribution is -2.42. The summed E-state index contributed by atoms with van der Waals surface area (Å²) in [5.41, 5.74) is -0.880. The van der Waals surface area contributed by atoms with Crippen molar-refractivity contribution >= 4 is 0 Å². The summed E-state index contributed by atoms with van der Waals surface area (Å²) in [5.74, 6) is 0.595. The van der Waals surface area contributed by atoms with Crippen molar-refractivity contribution in [3.05, 3.63) is 5.82 Å². The molecule has 7 heteroatoms. The van der Waals surface area contributed by atoms with Crippen LogP contribution in [0.1, 0.15) is 40.9 Å². The van der Waals surface area contributed by atoms with Crippen molar-refractivity contribution in [1.82, 2.24) is 20.2 Å². The smallest absolute Gasteiger partial charge is 0.189 e. The zero-order chi connectivity index (χ0) is 14.5. The second kappa shape index (κ2) is 4.50. The van der Waals surface area contributed by atoms with Gasteiger partial charge >= 0.3 is 0 Å². The standard InChI is InChI=1S/C12H20N4O3/c1-7(2)17-6-12-10(19-8(3)4)9(5-18-12)16-11(12)13-14-15-16/h7-10H,5-6H2,1-4H3/t9-,10?,12-/m1/s1/i5T/t5-,9+,10?,12+/m0. The first kappa shape index (κ1) is 11.7. The monoisotopic (exact) mass is 270 g/mol. The van der Waals surface area contributed by atoms with Gasteiger partial charge in [-0.1, -0.05) is 0 Å². The third-order valence-electron chi connectivity index (χ3n) is 3.39. The van der Waals surface area contributed by atoms with Crippen molar-refractivity contribution < 1.29 is 15.6 Å². The number of hydrogen-bond donors (Lipinski definition) is 0. The third kappa shape index (κ3) is 1.87. The van der Waals surface area contributed by atoms with Crippen LogP contribution < -0.4 is 0 Å². The lowest BCUT2D eigenvalue weighted by atomic mass is 9.98. The quantitative estimate of drug-likeness (QED) is 0.783. The number of fused-ring (bicyclic) bond motifs is 5. The molecule has 1 aromatic rings. The molecule has 0 saturated carbocycles. The fraction of sp³-hybridized carbons (Fsp3) is 0.917. The molecule has 2 bridgehead atoms. The summed E-state index contributed by atoms with van der Waals surface area (Å²) < 4.78 is 27.3. The van der Waals surface area contributed by atoms with Gasteiger partial charge in [-0.15, -0.1) is 5.10 Å². The highest BCUT2D eigenvalue weighted by Gasteiger charge is 2.63. The minimum atomic E-state index is -0.880. The highest BCUT2D eigenvalue weighted by Crippen LogP contribution is 2.49. The maximum atomic E-state index is 8.10. The van der Waals surface area contributed by atoms with Crippen molar-refractivity contribution in [1.29, 1.82) is 0 Å². The molecule has 3 heterocycles. The van der Waals surface area contributed by atoms with E-state index in [4.69, 9.17) is 15.6 Å². The fourth-order valence-electron chi connectivity index (χ4n) is 2.60. The first-order valence-electron chi connectivity index (χ1n) is 7.19. The average Bonchev–Trinajstić information content (AvgIpc) is 2.96. The van der Waals surface area contributed by atoms with Crippen molar-refractivity contribution in [2.75, 3.05) is 13.2 Å². The summed E-state index contributed by atoms with van der Waals surface area (Å²) in [5, 5.41) is 11.7. The molecule has 0 aliphatic carbocycles. The van der Waals surface area contributed by atoms with E-state index >= 15 is 0 Å². The molecule has 1 saturated heterocycles. The molecule has 2 aliphatic rings. The van der Waals surface area contributed by atoms with Gasteiger partial charge in [0.15, 0.2) is 11.4 Å². The first-order chi connectivity index (χ1) is 9.45. The van der Waals surface area contributed by atoms with E-state index in [1.165, 1.54) is 0 Å². The van der Waals surface area contributed by atoms with Gasteiger partial charge in [0, 0.05) is 0 Å². The predicted octanol–water partition coefficient (Wildman–Crippen LogP) is 0.672. The molecule has 106 valence electrons. The predicted molar refractivity (Wildman–Crippen MR) is 65.6 cm³/mol. The topological polar surface area (TPSA) is 71.3 Å². The molecule has 1 unspecified atom stereocenters. The number of hydrogen-bond acceptors (Lipinski definition) is 6. The molecule has 3 rings (SSSR count). The molecule has 1 fully saturated rings. The van der Waals surface area contributed by atoms with Crippen LogP contribution in [0, 0.1) is 0 Å². The van der Waals surface area contributed by atoms with Crippen molar-refractivity contribution in [3.8, 4) is 0 Å². The Labute approximate surface area is 113 Å². The Morgan fingerprint density at radius 2 is 2.26 bits per heavy atom. The number of rotatable bonds is 5. The lowest BCUT2D eigenvalue weighted by molar-refractivity contribution is -0.149. The molecular weight excluding hydrogens is 248 g/mol. The Kier molecular flexibility index (Phi) is 2.78. The maximum absolute atomic E-state index is 8.10. The van der Waals surface area contributed by atoms with Crippen molar-refractivity contribution in [2.24, 2.45) is 0 Å². The van der Waals surface area contributed by atoms with Crippen LogP contribution in [0.15, 0.2) is 0 Å². The van der Waals surface area contributed by atoms with Gasteiger partial charge in [-0.25, -0.2) is 4.68 Å². The Balaban J connectivity index is 1.97. The molecule has 2 aliphatic heterocycles. The largest absolute Gasteiger partial charge is 0.375 e. The lowest BCUT2D eigenvalue weighted by Gasteiger charge is -2.30. The highest BCUT2D eigenvalue weighted by molar-refractivity contribution is 5.19. The zero-order valence-corrected chi connectivity index (χ0v) is 11.6. The third-order valence-corrected chi connectivity index (χ3v) is 3.39. The normalized spacial score (nSPS) is 37.2. The van der Waals surface area contributed by atoms with E-state index in [0.717, 1.165) is 0 Å². The fourth-order valence-corrected chi connectivity index (χ4v) is 2.60. The Hall–Kier alpha value is -1.05. The highest BCUT2D eigenvalue weighted by atomic mass is 16.6. The van der Waals surface area contributed by atoms with E-state index in [2.05, 4.69) is 15.5 Å². The second-order valence-corrected chi connectivity index (χ2v) is 5.55. The van der Waals surface area contributed by atoms with Crippen LogP contribution in [0.3, 0.4) is 0 Å². The van der Waals surface area contributed by atoms with E-state index in [1.807, 2.05) is 27.7 Å². The number of nitrogens with zero attached hydrogens (tertiary/aromatic N) is 4. The van der Waals surface area contributed by atoms with Crippen molar-refractivity contribution in [2.45, 2.75) is 57.6 Å². The average molecular weight is 270 g/mol. The molecule has 4 atom stereocenters. The molecule has 0 N–H and O–H groups in total. The summed E-state index contributed by atoms with van der Waals surface area (Å²) in [6.07, 6.45) is -0.241. The van der Waals surface area contributed by atoms with Gasteiger partial charge in [-0.2, -0.15) is 0 Å². The van der Waals surface area contributed by atoms with E-state index in [-0.39, 0.29) is 31.0 Å². The molecule has 7 nitrogen and oxygen atoms in total. The van der Waals surface area contributed by atoms with Crippen molar-refractivity contribution in [3.63, 3.8) is 0 Å². The SMILES string of the molecule is [3H][C@@H]1O[C@@]2(COC(C)C)c3nnnn3[C@H]1C2OC(C)C. The Bertz CT molecular complexity index is 495. The molecule has 0 spiro atoms. The molecule has 0 aromatic carbocycles. The van der Waals surface area contributed by atoms with Gasteiger partial charge in [-0.3, -0.25) is 0 Å². The van der Waals surface area contributed by atoms with Gasteiger partial charge in [0.2, 0.25) is 0 Å². The maximum Gasteiger partial charge on any atom is 0.189 e. The molecular formula is C12H20N4O3. The number of tetrazole rings is 1. The van der Waals surface area contributed by atoms with Gasteiger partial charge in [-0.05, 0) is 38.1 Å². The summed E-state index contributed by atoms with van der Waals surface area (Å²) >= 11 is 0. The second-order valence-electron chi connectivity index (χ2n) is 5.55. The van der Waals surface area contributed by atoms with Gasteiger partial charge < -0.3 is 14.2 Å². The summed E-state index contributed by atoms with van der Waals surface area (Å²) in [6.45, 7) is 7.37. The minimum Gasteiger partial charge on any atom is -0.375 e. The van der Waals surface area contributed by atoms with Gasteiger partial charge in [0.25, 0.3) is 0 Å². The van der Waals surface area contributed by atoms with Crippen LogP contribution in [-0.2, 0) is 19.8 Å². The number of ether oxygens (including phenoxy) is 3. The van der Waals surface area contributed by atoms with Crippen LogP contribution in [0.5, 0.6) is 0 Å². The summed E-state index contributed by atoms with van der Waals surface area (Å²) in [4.78, 5) is 0. The van der Waals surface area contributed by atoms with Gasteiger partial charge in [0.1, 0.15) is 12.1 Å². The molecule has 0 amide bonds. The van der Waals surface area contributed by atoms with E-state index < -0.39 is 12.2 Å². The Morgan fingerprint density at radius 1 is 1.47 bits per heavy atom. The molecule has 19 heavy (non-hydrogen) atoms. The summed E-state index contributed by atoms with van der Waals surface area (Å²) in [6, 6.07) is -0.321. The number of aromatic nitrogens is 4. The van der Waals surface area contributed by atoms with Crippen LogP contribution >= 0.6 is 0 Å². The summed E-state index contributed by atoms with van der Waals surface area (Å²) in [7, 11) is 0.